The Morgan fingerprint density at radius 1 is 0.952 bits per heavy atom. The Kier molecular flexibility index (Phi) is 2.44. The highest BCUT2D eigenvalue weighted by molar-refractivity contribution is 5.87. The molecule has 4 rings (SSSR count). The summed E-state index contributed by atoms with van der Waals surface area (Å²) in [5.41, 5.74) is 10.2. The van der Waals surface area contributed by atoms with E-state index in [1.165, 1.54) is 5.56 Å². The van der Waals surface area contributed by atoms with Gasteiger partial charge in [-0.15, -0.1) is 0 Å². The molecule has 0 bridgehead atoms. The van der Waals surface area contributed by atoms with E-state index in [4.69, 9.17) is 10.2 Å². The monoisotopic (exact) mass is 275 g/mol. The van der Waals surface area contributed by atoms with Gasteiger partial charge in [0.25, 0.3) is 0 Å². The minimum Gasteiger partial charge on any atom is -0.454 e. The Morgan fingerprint density at radius 2 is 1.71 bits per heavy atom. The highest BCUT2D eigenvalue weighted by Gasteiger charge is 2.13. The maximum atomic E-state index is 6.04. The standard InChI is InChI=1S/C17H13N3O/c1-10-6-7-14-11(8-10)9-15(21-14)16-17(18)20-13-5-3-2-4-12(13)19-16/h2-9H,1H3,(H2,18,20). The summed E-state index contributed by atoms with van der Waals surface area (Å²) in [5.74, 6) is 1.02. The zero-order valence-electron chi connectivity index (χ0n) is 11.5. The van der Waals surface area contributed by atoms with Crippen LogP contribution in [0.3, 0.4) is 0 Å². The van der Waals surface area contributed by atoms with Gasteiger partial charge in [0.1, 0.15) is 11.3 Å². The molecule has 0 unspecified atom stereocenters. The minimum atomic E-state index is 0.379. The summed E-state index contributed by atoms with van der Waals surface area (Å²) < 4.78 is 5.86. The Hall–Kier alpha value is -2.88. The van der Waals surface area contributed by atoms with Gasteiger partial charge in [-0.2, -0.15) is 0 Å². The summed E-state index contributed by atoms with van der Waals surface area (Å²) in [6.07, 6.45) is 0. The molecule has 2 aromatic heterocycles. The first-order valence-electron chi connectivity index (χ1n) is 6.73. The Morgan fingerprint density at radius 3 is 2.52 bits per heavy atom. The van der Waals surface area contributed by atoms with Crippen molar-refractivity contribution in [1.82, 2.24) is 9.97 Å². The largest absolute Gasteiger partial charge is 0.454 e. The van der Waals surface area contributed by atoms with Crippen LogP contribution in [0.1, 0.15) is 5.56 Å². The quantitative estimate of drug-likeness (QED) is 0.571. The van der Waals surface area contributed by atoms with E-state index in [0.717, 1.165) is 22.0 Å². The molecule has 0 fully saturated rings. The van der Waals surface area contributed by atoms with E-state index >= 15 is 0 Å². The number of hydrogen-bond acceptors (Lipinski definition) is 4. The van der Waals surface area contributed by atoms with Crippen LogP contribution in [0, 0.1) is 6.92 Å². The lowest BCUT2D eigenvalue weighted by Crippen LogP contribution is -1.97. The summed E-state index contributed by atoms with van der Waals surface area (Å²) >= 11 is 0. The van der Waals surface area contributed by atoms with Crippen molar-refractivity contribution in [3.05, 3.63) is 54.1 Å². The fraction of sp³-hybridized carbons (Fsp3) is 0.0588. The first kappa shape index (κ1) is 11.9. The van der Waals surface area contributed by atoms with Crippen molar-refractivity contribution in [2.45, 2.75) is 6.92 Å². The molecule has 0 saturated heterocycles. The molecule has 2 N–H and O–H groups in total. The topological polar surface area (TPSA) is 64.9 Å². The molecule has 0 amide bonds. The van der Waals surface area contributed by atoms with Crippen LogP contribution in [0.2, 0.25) is 0 Å². The van der Waals surface area contributed by atoms with Gasteiger partial charge in [0.2, 0.25) is 0 Å². The van der Waals surface area contributed by atoms with E-state index in [0.29, 0.717) is 17.3 Å². The van der Waals surface area contributed by atoms with Crippen molar-refractivity contribution in [1.29, 1.82) is 0 Å². The maximum absolute atomic E-state index is 6.04. The number of hydrogen-bond donors (Lipinski definition) is 1. The van der Waals surface area contributed by atoms with Crippen LogP contribution in [-0.2, 0) is 0 Å². The SMILES string of the molecule is Cc1ccc2oc(-c3nc4ccccc4nc3N)cc2c1. The Balaban J connectivity index is 1.96. The van der Waals surface area contributed by atoms with Crippen LogP contribution in [0.25, 0.3) is 33.5 Å². The second-order valence-corrected chi connectivity index (χ2v) is 5.10. The summed E-state index contributed by atoms with van der Waals surface area (Å²) in [5, 5.41) is 1.04. The third kappa shape index (κ3) is 1.92. The van der Waals surface area contributed by atoms with Gasteiger partial charge in [-0.1, -0.05) is 23.8 Å². The van der Waals surface area contributed by atoms with Gasteiger partial charge in [-0.05, 0) is 37.3 Å². The number of benzene rings is 2. The molecule has 21 heavy (non-hydrogen) atoms. The molecule has 0 spiro atoms. The molecule has 4 heteroatoms. The number of fused-ring (bicyclic) bond motifs is 2. The molecule has 4 aromatic rings. The van der Waals surface area contributed by atoms with Crippen LogP contribution in [0.4, 0.5) is 5.82 Å². The fourth-order valence-electron chi connectivity index (χ4n) is 2.47. The number of furan rings is 1. The van der Waals surface area contributed by atoms with E-state index in [1.807, 2.05) is 42.5 Å². The molecule has 4 nitrogen and oxygen atoms in total. The lowest BCUT2D eigenvalue weighted by molar-refractivity contribution is 0.629. The van der Waals surface area contributed by atoms with Gasteiger partial charge in [0, 0.05) is 5.39 Å². The van der Waals surface area contributed by atoms with E-state index in [1.54, 1.807) is 0 Å². The summed E-state index contributed by atoms with van der Waals surface area (Å²) in [6.45, 7) is 2.05. The average Bonchev–Trinajstić information content (AvgIpc) is 2.89. The smallest absolute Gasteiger partial charge is 0.157 e. The zero-order valence-corrected chi connectivity index (χ0v) is 11.5. The highest BCUT2D eigenvalue weighted by Crippen LogP contribution is 2.30. The molecule has 0 aliphatic rings. The summed E-state index contributed by atoms with van der Waals surface area (Å²) in [7, 11) is 0. The molecular formula is C17H13N3O. The first-order chi connectivity index (χ1) is 10.2. The normalized spacial score (nSPS) is 11.3. The number of nitrogen functional groups attached to an aromatic ring is 1. The Bertz CT molecular complexity index is 972. The zero-order chi connectivity index (χ0) is 14.4. The predicted octanol–water partition coefficient (Wildman–Crippen LogP) is 3.93. The minimum absolute atomic E-state index is 0.379. The number of para-hydroxylation sites is 2. The van der Waals surface area contributed by atoms with Crippen LogP contribution in [0.15, 0.2) is 52.9 Å². The second kappa shape index (κ2) is 4.31. The molecule has 0 aliphatic heterocycles. The van der Waals surface area contributed by atoms with Gasteiger partial charge in [-0.25, -0.2) is 9.97 Å². The average molecular weight is 275 g/mol. The summed E-state index contributed by atoms with van der Waals surface area (Å²) in [6, 6.07) is 15.7. The van der Waals surface area contributed by atoms with Crippen LogP contribution in [0.5, 0.6) is 0 Å². The molecule has 2 aromatic carbocycles. The number of aryl methyl sites for hydroxylation is 1. The van der Waals surface area contributed by atoms with Gasteiger partial charge < -0.3 is 10.2 Å². The molecule has 0 saturated carbocycles. The number of nitrogens with two attached hydrogens (primary N) is 1. The summed E-state index contributed by atoms with van der Waals surface area (Å²) in [4.78, 5) is 8.98. The maximum Gasteiger partial charge on any atom is 0.157 e. The molecule has 0 aliphatic carbocycles. The lowest BCUT2D eigenvalue weighted by atomic mass is 10.2. The van der Waals surface area contributed by atoms with Crippen LogP contribution < -0.4 is 5.73 Å². The molecule has 102 valence electrons. The Labute approximate surface area is 121 Å². The highest BCUT2D eigenvalue weighted by atomic mass is 16.3. The van der Waals surface area contributed by atoms with Gasteiger partial charge in [0.15, 0.2) is 11.6 Å². The predicted molar refractivity (Wildman–Crippen MR) is 83.9 cm³/mol. The van der Waals surface area contributed by atoms with Gasteiger partial charge in [0.05, 0.1) is 11.0 Å². The molecular weight excluding hydrogens is 262 g/mol. The van der Waals surface area contributed by atoms with E-state index in [2.05, 4.69) is 23.0 Å². The van der Waals surface area contributed by atoms with E-state index in [9.17, 15) is 0 Å². The van der Waals surface area contributed by atoms with Crippen molar-refractivity contribution in [2.24, 2.45) is 0 Å². The van der Waals surface area contributed by atoms with Gasteiger partial charge in [-0.3, -0.25) is 0 Å². The number of aromatic nitrogens is 2. The molecule has 0 atom stereocenters. The van der Waals surface area contributed by atoms with Crippen LogP contribution >= 0.6 is 0 Å². The third-order valence-corrected chi connectivity index (χ3v) is 3.50. The van der Waals surface area contributed by atoms with Crippen molar-refractivity contribution >= 4 is 27.8 Å². The van der Waals surface area contributed by atoms with Crippen molar-refractivity contribution in [3.63, 3.8) is 0 Å². The van der Waals surface area contributed by atoms with Crippen molar-refractivity contribution < 1.29 is 4.42 Å². The van der Waals surface area contributed by atoms with Crippen molar-refractivity contribution in [2.75, 3.05) is 5.73 Å². The molecule has 0 radical (unpaired) electrons. The number of anilines is 1. The first-order valence-corrected chi connectivity index (χ1v) is 6.73. The van der Waals surface area contributed by atoms with Crippen molar-refractivity contribution in [3.8, 4) is 11.5 Å². The number of nitrogens with zero attached hydrogens (tertiary/aromatic N) is 2. The second-order valence-electron chi connectivity index (χ2n) is 5.10. The fourth-order valence-corrected chi connectivity index (χ4v) is 2.47. The number of rotatable bonds is 1. The van der Waals surface area contributed by atoms with Crippen LogP contribution in [-0.4, -0.2) is 9.97 Å². The molecule has 2 heterocycles. The van der Waals surface area contributed by atoms with Gasteiger partial charge >= 0.3 is 0 Å². The van der Waals surface area contributed by atoms with E-state index in [-0.39, 0.29) is 0 Å². The lowest BCUT2D eigenvalue weighted by Gasteiger charge is -2.03. The van der Waals surface area contributed by atoms with E-state index < -0.39 is 0 Å². The third-order valence-electron chi connectivity index (χ3n) is 3.50.